The number of piperidine rings is 1. The van der Waals surface area contributed by atoms with Crippen LogP contribution >= 0.6 is 0 Å². The van der Waals surface area contributed by atoms with E-state index >= 15 is 0 Å². The van der Waals surface area contributed by atoms with Gasteiger partial charge in [0.05, 0.1) is 12.1 Å². The van der Waals surface area contributed by atoms with Gasteiger partial charge in [0.1, 0.15) is 5.82 Å². The number of likely N-dealkylation sites (tertiary alicyclic amines) is 1. The predicted octanol–water partition coefficient (Wildman–Crippen LogP) is 2.65. The van der Waals surface area contributed by atoms with Crippen molar-refractivity contribution in [2.75, 3.05) is 18.8 Å². The molecule has 23 heavy (non-hydrogen) atoms. The Morgan fingerprint density at radius 2 is 2.00 bits per heavy atom. The van der Waals surface area contributed by atoms with Crippen molar-refractivity contribution in [3.8, 4) is 0 Å². The van der Waals surface area contributed by atoms with Gasteiger partial charge in [-0.05, 0) is 37.5 Å². The minimum absolute atomic E-state index is 0.0754. The number of aromatic nitrogens is 1. The first kappa shape index (κ1) is 15.5. The van der Waals surface area contributed by atoms with Crippen LogP contribution in [0, 0.1) is 12.7 Å². The maximum atomic E-state index is 12.9. The lowest BCUT2D eigenvalue weighted by Crippen LogP contribution is -2.38. The number of nitrogens with two attached hydrogens (primary N) is 1. The molecular formula is C17H20FN3O2. The Morgan fingerprint density at radius 3 is 2.57 bits per heavy atom. The summed E-state index contributed by atoms with van der Waals surface area (Å²) in [6.07, 6.45) is 2.00. The van der Waals surface area contributed by atoms with Gasteiger partial charge in [-0.3, -0.25) is 4.79 Å². The van der Waals surface area contributed by atoms with E-state index < -0.39 is 0 Å². The Kier molecular flexibility index (Phi) is 4.32. The Morgan fingerprint density at radius 1 is 1.35 bits per heavy atom. The van der Waals surface area contributed by atoms with Gasteiger partial charge in [-0.15, -0.1) is 0 Å². The molecule has 5 nitrogen and oxygen atoms in total. The first-order valence-corrected chi connectivity index (χ1v) is 7.78. The summed E-state index contributed by atoms with van der Waals surface area (Å²) in [5.41, 5.74) is 8.35. The molecule has 1 aromatic heterocycles. The summed E-state index contributed by atoms with van der Waals surface area (Å²) in [6, 6.07) is 6.07. The lowest BCUT2D eigenvalue weighted by molar-refractivity contribution is -0.131. The van der Waals surface area contributed by atoms with Crippen LogP contribution in [0.3, 0.4) is 0 Å². The molecule has 1 aliphatic rings. The molecule has 0 saturated carbocycles. The zero-order valence-electron chi connectivity index (χ0n) is 13.1. The summed E-state index contributed by atoms with van der Waals surface area (Å²) in [5, 5.41) is 4.05. The second-order valence-electron chi connectivity index (χ2n) is 6.02. The van der Waals surface area contributed by atoms with Crippen LogP contribution in [0.5, 0.6) is 0 Å². The Bertz CT molecular complexity index is 688. The van der Waals surface area contributed by atoms with Crippen LogP contribution in [0.2, 0.25) is 0 Å². The summed E-state index contributed by atoms with van der Waals surface area (Å²) < 4.78 is 17.9. The molecule has 0 bridgehead atoms. The fourth-order valence-corrected chi connectivity index (χ4v) is 3.03. The maximum Gasteiger partial charge on any atom is 0.226 e. The molecular weight excluding hydrogens is 297 g/mol. The Balaban J connectivity index is 1.57. The highest BCUT2D eigenvalue weighted by molar-refractivity contribution is 5.78. The van der Waals surface area contributed by atoms with E-state index in [9.17, 15) is 9.18 Å². The minimum atomic E-state index is -0.288. The number of hydrogen-bond acceptors (Lipinski definition) is 4. The highest BCUT2D eigenvalue weighted by Crippen LogP contribution is 2.31. The summed E-state index contributed by atoms with van der Waals surface area (Å²) in [5.74, 6) is 0.441. The molecule has 2 aromatic rings. The van der Waals surface area contributed by atoms with Gasteiger partial charge >= 0.3 is 0 Å². The van der Waals surface area contributed by atoms with E-state index in [1.807, 2.05) is 11.8 Å². The molecule has 1 aliphatic heterocycles. The van der Waals surface area contributed by atoms with Gasteiger partial charge in [0.25, 0.3) is 0 Å². The lowest BCUT2D eigenvalue weighted by Gasteiger charge is -2.31. The van der Waals surface area contributed by atoms with Crippen LogP contribution in [-0.4, -0.2) is 29.1 Å². The second-order valence-corrected chi connectivity index (χ2v) is 6.02. The number of rotatable bonds is 3. The van der Waals surface area contributed by atoms with Crippen molar-refractivity contribution in [2.45, 2.75) is 32.1 Å². The van der Waals surface area contributed by atoms with Crippen molar-refractivity contribution in [3.63, 3.8) is 0 Å². The van der Waals surface area contributed by atoms with Crippen LogP contribution in [-0.2, 0) is 11.2 Å². The SMILES string of the molecule is Cc1c(C2CCN(C(=O)Cc3ccc(F)cc3)CC2)noc1N. The number of hydrogen-bond donors (Lipinski definition) is 1. The minimum Gasteiger partial charge on any atom is -0.367 e. The highest BCUT2D eigenvalue weighted by atomic mass is 19.1. The standard InChI is InChI=1S/C17H20FN3O2/c1-11-16(20-23-17(11)19)13-6-8-21(9-7-13)15(22)10-12-2-4-14(18)5-3-12/h2-5,13H,6-10,19H2,1H3. The second kappa shape index (κ2) is 6.40. The van der Waals surface area contributed by atoms with Crippen LogP contribution in [0.15, 0.2) is 28.8 Å². The average Bonchev–Trinajstić information content (AvgIpc) is 2.89. The first-order valence-electron chi connectivity index (χ1n) is 7.78. The van der Waals surface area contributed by atoms with Crippen molar-refractivity contribution in [1.29, 1.82) is 0 Å². The summed E-state index contributed by atoms with van der Waals surface area (Å²) in [4.78, 5) is 14.2. The third kappa shape index (κ3) is 3.36. The van der Waals surface area contributed by atoms with Gasteiger partial charge in [-0.2, -0.15) is 0 Å². The molecule has 0 atom stereocenters. The molecule has 1 amide bonds. The van der Waals surface area contributed by atoms with E-state index in [0.717, 1.165) is 29.7 Å². The van der Waals surface area contributed by atoms with Crippen molar-refractivity contribution in [3.05, 3.63) is 46.9 Å². The summed E-state index contributed by atoms with van der Waals surface area (Å²) in [7, 11) is 0. The van der Waals surface area contributed by atoms with Crippen molar-refractivity contribution in [1.82, 2.24) is 10.1 Å². The third-order valence-corrected chi connectivity index (χ3v) is 4.50. The van der Waals surface area contributed by atoms with Crippen molar-refractivity contribution >= 4 is 11.8 Å². The molecule has 3 rings (SSSR count). The molecule has 0 radical (unpaired) electrons. The van der Waals surface area contributed by atoms with E-state index in [1.165, 1.54) is 12.1 Å². The third-order valence-electron chi connectivity index (χ3n) is 4.50. The zero-order chi connectivity index (χ0) is 16.4. The number of amides is 1. The molecule has 2 heterocycles. The van der Waals surface area contributed by atoms with Crippen molar-refractivity contribution in [2.24, 2.45) is 0 Å². The van der Waals surface area contributed by atoms with Crippen molar-refractivity contribution < 1.29 is 13.7 Å². The number of carbonyl (C=O) groups is 1. The molecule has 0 spiro atoms. The highest BCUT2D eigenvalue weighted by Gasteiger charge is 2.27. The molecule has 0 unspecified atom stereocenters. The van der Waals surface area contributed by atoms with Gasteiger partial charge in [0, 0.05) is 24.6 Å². The fraction of sp³-hybridized carbons (Fsp3) is 0.412. The molecule has 6 heteroatoms. The number of anilines is 1. The number of benzene rings is 1. The monoisotopic (exact) mass is 317 g/mol. The Labute approximate surface area is 134 Å². The van der Waals surface area contributed by atoms with E-state index in [2.05, 4.69) is 5.16 Å². The topological polar surface area (TPSA) is 72.4 Å². The molecule has 0 aliphatic carbocycles. The normalized spacial score (nSPS) is 15.8. The maximum absolute atomic E-state index is 12.9. The largest absolute Gasteiger partial charge is 0.367 e. The summed E-state index contributed by atoms with van der Waals surface area (Å²) >= 11 is 0. The van der Waals surface area contributed by atoms with Gasteiger partial charge in [0.15, 0.2) is 0 Å². The van der Waals surface area contributed by atoms with E-state index in [4.69, 9.17) is 10.3 Å². The van der Waals surface area contributed by atoms with Gasteiger partial charge in [-0.1, -0.05) is 17.3 Å². The molecule has 1 aromatic carbocycles. The van der Waals surface area contributed by atoms with Crippen LogP contribution in [0.4, 0.5) is 10.3 Å². The molecule has 2 N–H and O–H groups in total. The number of nitrogen functional groups attached to an aromatic ring is 1. The molecule has 122 valence electrons. The fourth-order valence-electron chi connectivity index (χ4n) is 3.03. The van der Waals surface area contributed by atoms with Gasteiger partial charge < -0.3 is 15.2 Å². The quantitative estimate of drug-likeness (QED) is 0.944. The van der Waals surface area contributed by atoms with Crippen LogP contribution < -0.4 is 5.73 Å². The van der Waals surface area contributed by atoms with E-state index in [1.54, 1.807) is 12.1 Å². The zero-order valence-corrected chi connectivity index (χ0v) is 13.1. The lowest BCUT2D eigenvalue weighted by atomic mass is 9.91. The first-order chi connectivity index (χ1) is 11.0. The van der Waals surface area contributed by atoms with Gasteiger partial charge in [0.2, 0.25) is 11.8 Å². The number of nitrogens with zero attached hydrogens (tertiary/aromatic N) is 2. The molecule has 1 fully saturated rings. The summed E-state index contributed by atoms with van der Waals surface area (Å²) in [6.45, 7) is 3.29. The smallest absolute Gasteiger partial charge is 0.226 e. The predicted molar refractivity (Wildman–Crippen MR) is 84.3 cm³/mol. The van der Waals surface area contributed by atoms with E-state index in [-0.39, 0.29) is 17.6 Å². The average molecular weight is 317 g/mol. The number of halogens is 1. The van der Waals surface area contributed by atoms with Crippen LogP contribution in [0.1, 0.15) is 35.6 Å². The Hall–Kier alpha value is -2.37. The van der Waals surface area contributed by atoms with Crippen LogP contribution in [0.25, 0.3) is 0 Å². The number of carbonyl (C=O) groups excluding carboxylic acids is 1. The van der Waals surface area contributed by atoms with E-state index in [0.29, 0.717) is 25.4 Å². The molecule has 1 saturated heterocycles. The van der Waals surface area contributed by atoms with Gasteiger partial charge in [-0.25, -0.2) is 4.39 Å².